The molecule has 4 aliphatic heterocycles. The maximum absolute atomic E-state index is 12.8. The number of rotatable bonds is 5. The van der Waals surface area contributed by atoms with E-state index in [1.54, 1.807) is 113 Å². The molecular formula is C52H64N10O11. The molecule has 2 atom stereocenters. The highest BCUT2D eigenvalue weighted by Gasteiger charge is 2.43. The first-order valence-corrected chi connectivity index (χ1v) is 23.7. The Kier molecular flexibility index (Phi) is 15.8. The minimum Gasteiger partial charge on any atom is -0.461 e. The van der Waals surface area contributed by atoms with Crippen LogP contribution in [-0.2, 0) is 49.7 Å². The lowest BCUT2D eigenvalue weighted by Gasteiger charge is -2.30. The van der Waals surface area contributed by atoms with Crippen LogP contribution in [0.5, 0.6) is 0 Å². The number of benzene rings is 2. The Morgan fingerprint density at radius 1 is 0.685 bits per heavy atom. The van der Waals surface area contributed by atoms with Gasteiger partial charge in [0.05, 0.1) is 42.5 Å². The molecule has 2 aromatic carbocycles. The molecule has 0 bridgehead atoms. The molecule has 0 radical (unpaired) electrons. The molecule has 5 amide bonds. The Morgan fingerprint density at radius 2 is 1.10 bits per heavy atom. The van der Waals surface area contributed by atoms with Gasteiger partial charge in [0, 0.05) is 88.2 Å². The van der Waals surface area contributed by atoms with Gasteiger partial charge >= 0.3 is 18.2 Å². The van der Waals surface area contributed by atoms with Crippen LogP contribution < -0.4 is 11.9 Å². The lowest BCUT2D eigenvalue weighted by atomic mass is 10.0. The number of esters is 1. The van der Waals surface area contributed by atoms with Crippen LogP contribution >= 0.6 is 0 Å². The summed E-state index contributed by atoms with van der Waals surface area (Å²) >= 11 is 0. The Morgan fingerprint density at radius 3 is 1.47 bits per heavy atom. The van der Waals surface area contributed by atoms with E-state index in [1.807, 2.05) is 12.1 Å². The highest BCUT2D eigenvalue weighted by molar-refractivity contribution is 5.93. The smallest absolute Gasteiger partial charge is 0.410 e. The minimum atomic E-state index is -1.70. The molecule has 0 aliphatic carbocycles. The van der Waals surface area contributed by atoms with Crippen molar-refractivity contribution in [1.82, 2.24) is 45.3 Å². The molecule has 0 saturated carbocycles. The van der Waals surface area contributed by atoms with Crippen molar-refractivity contribution in [1.29, 1.82) is 0 Å². The zero-order valence-electron chi connectivity index (χ0n) is 42.8. The van der Waals surface area contributed by atoms with Gasteiger partial charge in [-0.15, -0.1) is 0 Å². The molecular weight excluding hydrogens is 941 g/mol. The van der Waals surface area contributed by atoms with E-state index in [1.165, 1.54) is 14.7 Å². The van der Waals surface area contributed by atoms with Gasteiger partial charge in [0.1, 0.15) is 11.2 Å². The molecule has 2 saturated heterocycles. The summed E-state index contributed by atoms with van der Waals surface area (Å²) in [6, 6.07) is 14.3. The summed E-state index contributed by atoms with van der Waals surface area (Å²) in [6.07, 6.45) is 0.482. The van der Waals surface area contributed by atoms with E-state index in [0.717, 1.165) is 11.4 Å². The van der Waals surface area contributed by atoms with Crippen LogP contribution in [-0.4, -0.2) is 155 Å². The summed E-state index contributed by atoms with van der Waals surface area (Å²) in [7, 11) is 3.26. The zero-order valence-corrected chi connectivity index (χ0v) is 42.8. The summed E-state index contributed by atoms with van der Waals surface area (Å²) < 4.78 is 19.5. The summed E-state index contributed by atoms with van der Waals surface area (Å²) in [6.45, 7) is 14.7. The van der Waals surface area contributed by atoms with E-state index in [-0.39, 0.29) is 50.1 Å². The summed E-state index contributed by atoms with van der Waals surface area (Å²) in [4.78, 5) is 80.6. The van der Waals surface area contributed by atoms with Crippen LogP contribution in [0.15, 0.2) is 48.5 Å². The van der Waals surface area contributed by atoms with E-state index in [4.69, 9.17) is 19.9 Å². The number of primary amides is 1. The number of likely N-dealkylation sites (N-methyl/N-ethyl adjacent to an activating group) is 2. The quantitative estimate of drug-likeness (QED) is 0.126. The molecule has 21 heteroatoms. The van der Waals surface area contributed by atoms with Gasteiger partial charge in [-0.05, 0) is 84.9 Å². The van der Waals surface area contributed by atoms with E-state index in [9.17, 15) is 39.0 Å². The van der Waals surface area contributed by atoms with Crippen LogP contribution in [0.25, 0.3) is 11.4 Å². The largest absolute Gasteiger partial charge is 0.461 e. The van der Waals surface area contributed by atoms with Crippen LogP contribution in [0.2, 0.25) is 0 Å². The maximum atomic E-state index is 12.8. The molecule has 2 fully saturated rings. The first-order chi connectivity index (χ1) is 33.8. The first kappa shape index (κ1) is 54.6. The third kappa shape index (κ3) is 12.1. The molecule has 0 unspecified atom stereocenters. The monoisotopic (exact) mass is 1000 g/mol. The van der Waals surface area contributed by atoms with Gasteiger partial charge in [-0.1, -0.05) is 35.8 Å². The normalized spacial score (nSPS) is 19.2. The van der Waals surface area contributed by atoms with Crippen molar-refractivity contribution in [2.24, 2.45) is 5.73 Å². The number of hydrogen-bond acceptors (Lipinski definition) is 14. The van der Waals surface area contributed by atoms with Crippen molar-refractivity contribution in [2.75, 3.05) is 46.9 Å². The topological polar surface area (TPSA) is 280 Å². The van der Waals surface area contributed by atoms with E-state index >= 15 is 0 Å². The number of likely N-dealkylation sites (tertiary alicyclic amines) is 2. The van der Waals surface area contributed by atoms with Gasteiger partial charge in [-0.2, -0.15) is 10.2 Å². The number of nitrogens with zero attached hydrogens (tertiary/aromatic N) is 8. The van der Waals surface area contributed by atoms with E-state index < -0.39 is 58.3 Å². The summed E-state index contributed by atoms with van der Waals surface area (Å²) in [5.41, 5.74) is 6.41. The van der Waals surface area contributed by atoms with Gasteiger partial charge in [0.15, 0.2) is 11.4 Å². The fraction of sp³-hybridized carbons (Fsp3) is 0.462. The number of carbonyl (C=O) groups is 6. The number of hydrogen-bond donors (Lipinski definition) is 4. The maximum Gasteiger partial charge on any atom is 0.410 e. The molecule has 73 heavy (non-hydrogen) atoms. The molecule has 0 spiro atoms. The minimum absolute atomic E-state index is 0. The molecule has 8 rings (SSSR count). The summed E-state index contributed by atoms with van der Waals surface area (Å²) in [5.74, 6) is 9.16. The Balaban J connectivity index is 0.000000235. The number of aromatic nitrogens is 4. The molecule has 4 aromatic rings. The number of aliphatic hydroxyl groups is 2. The van der Waals surface area contributed by atoms with Crippen molar-refractivity contribution >= 4 is 35.9 Å². The predicted molar refractivity (Wildman–Crippen MR) is 265 cm³/mol. The molecule has 21 nitrogen and oxygen atoms in total. The number of fused-ring (bicyclic) bond motifs is 2. The van der Waals surface area contributed by atoms with E-state index in [2.05, 4.69) is 33.9 Å². The SMILES string of the molecule is CCOC(=O)c1nn(-c2cccc(C#C[C@]3(O)CCN(C)C3=O)c2)c2c1CN(C(=O)OC(C)(C)C)CC2.CN1CC[C@@](O)(C#Cc2cccc(-n3nc(C(N)=O)c4c3CCN(C(=O)OC(C)(C)C)C4)c2)C1=O.N. The van der Waals surface area contributed by atoms with E-state index in [0.29, 0.717) is 72.6 Å². The Bertz CT molecular complexity index is 2960. The number of ether oxygens (including phenoxy) is 3. The fourth-order valence-electron chi connectivity index (χ4n) is 8.51. The highest BCUT2D eigenvalue weighted by Crippen LogP contribution is 2.30. The van der Waals surface area contributed by atoms with Crippen LogP contribution in [0.1, 0.15) is 116 Å². The second kappa shape index (κ2) is 21.2. The first-order valence-electron chi connectivity index (χ1n) is 23.7. The Hall–Kier alpha value is -7.72. The highest BCUT2D eigenvalue weighted by atomic mass is 16.6. The molecule has 2 aromatic heterocycles. The third-order valence-electron chi connectivity index (χ3n) is 12.1. The zero-order chi connectivity index (χ0) is 52.5. The van der Waals surface area contributed by atoms with Crippen molar-refractivity contribution in [3.05, 3.63) is 93.6 Å². The second-order valence-corrected chi connectivity index (χ2v) is 20.0. The average molecular weight is 1010 g/mol. The standard InChI is InChI=1S/C27H32N4O6.C25H29N5O5.H3N/c1-6-36-23(32)22-20-17-30(25(34)37-26(2,3)4)14-11-21(20)31(28-22)19-9-7-8-18(16-19)10-12-27(35)13-15-29(5)24(27)33;1-24(2,3)35-23(33)29-12-9-19-18(15-29)20(21(26)31)27-30(19)17-7-5-6-16(14-17)8-10-25(34)11-13-28(4)22(25)32;/h7-9,16,35H,6,11,13-15,17H2,1-5H3;5-7,14,34H,9,11-13,15H2,1-4H3,(H2,26,31);1H3/t27-;25-;/m00./s1. The van der Waals surface area contributed by atoms with Crippen LogP contribution in [0.3, 0.4) is 0 Å². The van der Waals surface area contributed by atoms with Crippen molar-refractivity contribution < 1.29 is 53.2 Å². The van der Waals surface area contributed by atoms with Gasteiger partial charge < -0.3 is 55.9 Å². The second-order valence-electron chi connectivity index (χ2n) is 20.0. The fourth-order valence-corrected chi connectivity index (χ4v) is 8.51. The third-order valence-corrected chi connectivity index (χ3v) is 12.1. The average Bonchev–Trinajstić information content (AvgIpc) is 4.05. The van der Waals surface area contributed by atoms with Crippen LogP contribution in [0, 0.1) is 23.7 Å². The number of nitrogens with two attached hydrogens (primary N) is 1. The molecule has 6 heterocycles. The number of amides is 5. The van der Waals surface area contributed by atoms with Crippen molar-refractivity contribution in [3.8, 4) is 35.1 Å². The van der Waals surface area contributed by atoms with Gasteiger partial charge in [-0.3, -0.25) is 14.4 Å². The number of carbonyl (C=O) groups excluding carboxylic acids is 6. The summed E-state index contributed by atoms with van der Waals surface area (Å²) in [5, 5.41) is 30.2. The van der Waals surface area contributed by atoms with Gasteiger partial charge in [-0.25, -0.2) is 23.7 Å². The van der Waals surface area contributed by atoms with Gasteiger partial charge in [0.2, 0.25) is 11.2 Å². The van der Waals surface area contributed by atoms with Crippen molar-refractivity contribution in [2.45, 2.75) is 110 Å². The lowest BCUT2D eigenvalue weighted by Crippen LogP contribution is -2.40. The Labute approximate surface area is 424 Å². The molecule has 4 aliphatic rings. The lowest BCUT2D eigenvalue weighted by molar-refractivity contribution is -0.138. The van der Waals surface area contributed by atoms with Gasteiger partial charge in [0.25, 0.3) is 17.7 Å². The molecule has 7 N–H and O–H groups in total. The molecule has 388 valence electrons. The van der Waals surface area contributed by atoms with Crippen molar-refractivity contribution in [3.63, 3.8) is 0 Å². The van der Waals surface area contributed by atoms with Crippen LogP contribution in [0.4, 0.5) is 9.59 Å². The predicted octanol–water partition coefficient (Wildman–Crippen LogP) is 3.66.